The van der Waals surface area contributed by atoms with E-state index < -0.39 is 9.04 Å². The van der Waals surface area contributed by atoms with Crippen LogP contribution in [0.15, 0.2) is 0 Å². The van der Waals surface area contributed by atoms with Crippen molar-refractivity contribution in [2.24, 2.45) is 5.92 Å². The summed E-state index contributed by atoms with van der Waals surface area (Å²) in [5.41, 5.74) is 0. The fourth-order valence-corrected chi connectivity index (χ4v) is 2.54. The van der Waals surface area contributed by atoms with E-state index in [2.05, 4.69) is 20.0 Å². The molecular formula is C11H23Cl2OSi. The molecule has 0 aliphatic carbocycles. The van der Waals surface area contributed by atoms with Crippen molar-refractivity contribution < 1.29 is 4.43 Å². The van der Waals surface area contributed by atoms with Crippen LogP contribution >= 0.6 is 23.2 Å². The van der Waals surface area contributed by atoms with Crippen LogP contribution in [0.25, 0.3) is 0 Å². The van der Waals surface area contributed by atoms with Crippen LogP contribution in [0.2, 0.25) is 13.1 Å². The molecule has 0 rings (SSSR count). The Bertz CT molecular complexity index is 143. The molecule has 0 bridgehead atoms. The van der Waals surface area contributed by atoms with Gasteiger partial charge in [0.15, 0.2) is 0 Å². The molecule has 0 heterocycles. The van der Waals surface area contributed by atoms with Crippen molar-refractivity contribution in [3.05, 3.63) is 0 Å². The normalized spacial score (nSPS) is 13.8. The predicted octanol–water partition coefficient (Wildman–Crippen LogP) is 4.64. The number of halogens is 2. The molecular weight excluding hydrogens is 247 g/mol. The Morgan fingerprint density at radius 1 is 1.13 bits per heavy atom. The average Bonchev–Trinajstić information content (AvgIpc) is 2.15. The van der Waals surface area contributed by atoms with Crippen LogP contribution in [0.3, 0.4) is 0 Å². The number of hydrogen-bond acceptors (Lipinski definition) is 1. The van der Waals surface area contributed by atoms with Gasteiger partial charge in [0.05, 0.1) is 0 Å². The molecule has 0 aliphatic heterocycles. The van der Waals surface area contributed by atoms with Crippen LogP contribution in [0, 0.1) is 5.92 Å². The lowest BCUT2D eigenvalue weighted by atomic mass is 9.99. The van der Waals surface area contributed by atoms with Gasteiger partial charge < -0.3 is 4.43 Å². The second-order valence-corrected chi connectivity index (χ2v) is 7.40. The summed E-state index contributed by atoms with van der Waals surface area (Å²) in [6, 6.07) is 0. The third-order valence-corrected chi connectivity index (χ3v) is 3.89. The summed E-state index contributed by atoms with van der Waals surface area (Å²) in [6.45, 7) is 7.38. The highest BCUT2D eigenvalue weighted by Crippen LogP contribution is 2.25. The molecule has 0 saturated heterocycles. The van der Waals surface area contributed by atoms with Crippen molar-refractivity contribution >= 4 is 32.2 Å². The Balaban J connectivity index is 3.57. The van der Waals surface area contributed by atoms with Crippen LogP contribution < -0.4 is 0 Å². The molecule has 0 aromatic rings. The Kier molecular flexibility index (Phi) is 10.4. The van der Waals surface area contributed by atoms with Crippen molar-refractivity contribution in [2.75, 3.05) is 6.61 Å². The molecule has 0 aliphatic rings. The predicted molar refractivity (Wildman–Crippen MR) is 71.2 cm³/mol. The van der Waals surface area contributed by atoms with E-state index in [1.54, 1.807) is 0 Å². The van der Waals surface area contributed by atoms with Gasteiger partial charge in [0.1, 0.15) is 4.84 Å². The zero-order valence-corrected chi connectivity index (χ0v) is 12.6. The van der Waals surface area contributed by atoms with Crippen molar-refractivity contribution in [1.82, 2.24) is 0 Å². The molecule has 1 nitrogen and oxygen atoms in total. The number of rotatable bonds is 9. The smallest absolute Gasteiger partial charge is 0.204 e. The molecule has 0 N–H and O–H groups in total. The van der Waals surface area contributed by atoms with Crippen molar-refractivity contribution in [2.45, 2.75) is 57.0 Å². The summed E-state index contributed by atoms with van der Waals surface area (Å²) >= 11 is 11.9. The fraction of sp³-hybridized carbons (Fsp3) is 1.00. The summed E-state index contributed by atoms with van der Waals surface area (Å²) < 4.78 is 5.59. The summed E-state index contributed by atoms with van der Waals surface area (Å²) in [4.78, 5) is -0.218. The SMILES string of the molecule is CCCCC(CCCO[Si](C)C)C(Cl)Cl. The first-order valence-electron chi connectivity index (χ1n) is 5.79. The number of unbranched alkanes of at least 4 members (excludes halogenated alkanes) is 1. The second kappa shape index (κ2) is 9.95. The van der Waals surface area contributed by atoms with Crippen LogP contribution in [-0.2, 0) is 4.43 Å². The maximum absolute atomic E-state index is 5.95. The van der Waals surface area contributed by atoms with Crippen molar-refractivity contribution in [1.29, 1.82) is 0 Å². The Morgan fingerprint density at radius 3 is 2.20 bits per heavy atom. The molecule has 1 unspecified atom stereocenters. The first-order valence-corrected chi connectivity index (χ1v) is 9.07. The van der Waals surface area contributed by atoms with Gasteiger partial charge in [-0.15, -0.1) is 23.2 Å². The lowest BCUT2D eigenvalue weighted by molar-refractivity contribution is 0.296. The Morgan fingerprint density at radius 2 is 1.73 bits per heavy atom. The van der Waals surface area contributed by atoms with E-state index in [0.29, 0.717) is 5.92 Å². The third kappa shape index (κ3) is 9.67. The van der Waals surface area contributed by atoms with Gasteiger partial charge in [-0.25, -0.2) is 0 Å². The van der Waals surface area contributed by atoms with Crippen LogP contribution in [-0.4, -0.2) is 20.5 Å². The lowest BCUT2D eigenvalue weighted by Gasteiger charge is -2.17. The van der Waals surface area contributed by atoms with E-state index in [1.807, 2.05) is 0 Å². The zero-order chi connectivity index (χ0) is 11.7. The van der Waals surface area contributed by atoms with E-state index in [-0.39, 0.29) is 4.84 Å². The van der Waals surface area contributed by atoms with Crippen LogP contribution in [0.4, 0.5) is 0 Å². The molecule has 91 valence electrons. The summed E-state index contributed by atoms with van der Waals surface area (Å²) in [7, 11) is -0.535. The molecule has 0 fully saturated rings. The molecule has 15 heavy (non-hydrogen) atoms. The van der Waals surface area contributed by atoms with Gasteiger partial charge in [0, 0.05) is 6.61 Å². The minimum atomic E-state index is -0.535. The molecule has 4 heteroatoms. The monoisotopic (exact) mass is 269 g/mol. The molecule has 1 radical (unpaired) electrons. The van der Waals surface area contributed by atoms with Gasteiger partial charge in [0.2, 0.25) is 9.04 Å². The van der Waals surface area contributed by atoms with Crippen molar-refractivity contribution in [3.63, 3.8) is 0 Å². The van der Waals surface area contributed by atoms with Crippen LogP contribution in [0.5, 0.6) is 0 Å². The highest BCUT2D eigenvalue weighted by atomic mass is 35.5. The van der Waals surface area contributed by atoms with Gasteiger partial charge in [-0.05, 0) is 38.3 Å². The highest BCUT2D eigenvalue weighted by Gasteiger charge is 2.15. The molecule has 0 aromatic heterocycles. The fourth-order valence-electron chi connectivity index (χ4n) is 1.48. The molecule has 0 saturated carbocycles. The maximum atomic E-state index is 5.95. The van der Waals surface area contributed by atoms with Gasteiger partial charge in [-0.2, -0.15) is 0 Å². The molecule has 0 aromatic carbocycles. The summed E-state index contributed by atoms with van der Waals surface area (Å²) in [5, 5.41) is 0. The standard InChI is InChI=1S/C11H23Cl2OSi/c1-4-5-7-10(11(12)13)8-6-9-14-15(2)3/h10-11H,4-9H2,1-3H3. The van der Waals surface area contributed by atoms with Gasteiger partial charge in [-0.3, -0.25) is 0 Å². The zero-order valence-electron chi connectivity index (χ0n) is 10.1. The lowest BCUT2D eigenvalue weighted by Crippen LogP contribution is -2.13. The van der Waals surface area contributed by atoms with Crippen molar-refractivity contribution in [3.8, 4) is 0 Å². The Labute approximate surface area is 106 Å². The maximum Gasteiger partial charge on any atom is 0.204 e. The first-order chi connectivity index (χ1) is 7.07. The minimum Gasteiger partial charge on any atom is -0.417 e. The van der Waals surface area contributed by atoms with Gasteiger partial charge in [-0.1, -0.05) is 19.8 Å². The van der Waals surface area contributed by atoms with Crippen LogP contribution in [0.1, 0.15) is 39.0 Å². The van der Waals surface area contributed by atoms with E-state index in [4.69, 9.17) is 27.6 Å². The van der Waals surface area contributed by atoms with E-state index in [1.165, 1.54) is 12.8 Å². The van der Waals surface area contributed by atoms with Gasteiger partial charge in [0.25, 0.3) is 0 Å². The van der Waals surface area contributed by atoms with E-state index in [0.717, 1.165) is 25.9 Å². The summed E-state index contributed by atoms with van der Waals surface area (Å²) in [5.74, 6) is 0.446. The topological polar surface area (TPSA) is 9.23 Å². The number of hydrogen-bond donors (Lipinski definition) is 0. The molecule has 1 atom stereocenters. The largest absolute Gasteiger partial charge is 0.417 e. The minimum absolute atomic E-state index is 0.218. The second-order valence-electron chi connectivity index (χ2n) is 4.14. The highest BCUT2D eigenvalue weighted by molar-refractivity contribution is 6.48. The Hall–Kier alpha value is 0.757. The van der Waals surface area contributed by atoms with Gasteiger partial charge >= 0.3 is 0 Å². The summed E-state index contributed by atoms with van der Waals surface area (Å²) in [6.07, 6.45) is 5.75. The average molecular weight is 270 g/mol. The third-order valence-electron chi connectivity index (χ3n) is 2.39. The molecule has 0 amide bonds. The number of alkyl halides is 2. The quantitative estimate of drug-likeness (QED) is 0.337. The molecule has 0 spiro atoms. The van der Waals surface area contributed by atoms with E-state index >= 15 is 0 Å². The first kappa shape index (κ1) is 15.8. The van der Waals surface area contributed by atoms with E-state index in [9.17, 15) is 0 Å².